The van der Waals surface area contributed by atoms with Crippen LogP contribution in [0.2, 0.25) is 5.02 Å². The quantitative estimate of drug-likeness (QED) is 0.208. The molecule has 0 aliphatic carbocycles. The number of rotatable bonds is 9. The number of hydrogen-bond acceptors (Lipinski definition) is 6. The monoisotopic (exact) mass is 648 g/mol. The third-order valence-electron chi connectivity index (χ3n) is 5.16. The number of benzene rings is 3. The molecule has 0 atom stereocenters. The van der Waals surface area contributed by atoms with Crippen LogP contribution in [-0.4, -0.2) is 35.2 Å². The lowest BCUT2D eigenvalue weighted by molar-refractivity contribution is -0.123. The average molecular weight is 649 g/mol. The van der Waals surface area contributed by atoms with E-state index in [9.17, 15) is 14.4 Å². The molecule has 1 heterocycles. The van der Waals surface area contributed by atoms with Crippen LogP contribution in [0.25, 0.3) is 6.08 Å². The molecule has 1 N–H and O–H groups in total. The number of thioether (sulfide) groups is 1. The standard InChI is InChI=1S/C27H22ClIN2O5S/c1-2-35-22-13-18(12-21(28)25(22)36-16-24(32)30-20-6-4-3-5-7-20)14-23-26(33)31(27(34)37-23)15-17-8-10-19(29)11-9-17/h3-14H,2,15-16H2,1H3,(H,30,32)/b23-14-. The Morgan fingerprint density at radius 3 is 2.51 bits per heavy atom. The number of nitrogens with one attached hydrogen (secondary N) is 1. The Bertz CT molecular complexity index is 1350. The van der Waals surface area contributed by atoms with Gasteiger partial charge >= 0.3 is 0 Å². The van der Waals surface area contributed by atoms with Gasteiger partial charge in [0, 0.05) is 9.26 Å². The number of ether oxygens (including phenoxy) is 2. The molecule has 0 bridgehead atoms. The lowest BCUT2D eigenvalue weighted by atomic mass is 10.1. The number of nitrogens with zero attached hydrogens (tertiary/aromatic N) is 1. The van der Waals surface area contributed by atoms with Crippen LogP contribution >= 0.6 is 46.0 Å². The van der Waals surface area contributed by atoms with Crippen molar-refractivity contribution in [1.82, 2.24) is 4.90 Å². The van der Waals surface area contributed by atoms with Gasteiger partial charge in [0.2, 0.25) is 0 Å². The second-order valence-corrected chi connectivity index (χ2v) is 10.5. The van der Waals surface area contributed by atoms with Gasteiger partial charge in [0.15, 0.2) is 18.1 Å². The van der Waals surface area contributed by atoms with Crippen molar-refractivity contribution < 1.29 is 23.9 Å². The van der Waals surface area contributed by atoms with Crippen LogP contribution in [-0.2, 0) is 16.1 Å². The summed E-state index contributed by atoms with van der Waals surface area (Å²) >= 11 is 9.55. The smallest absolute Gasteiger partial charge is 0.293 e. The third kappa shape index (κ3) is 7.06. The summed E-state index contributed by atoms with van der Waals surface area (Å²) in [6.45, 7) is 2.06. The summed E-state index contributed by atoms with van der Waals surface area (Å²) < 4.78 is 12.4. The molecule has 1 aliphatic rings. The molecule has 4 rings (SSSR count). The minimum absolute atomic E-state index is 0.196. The second kappa shape index (κ2) is 12.5. The first kappa shape index (κ1) is 27.0. The van der Waals surface area contributed by atoms with Crippen molar-refractivity contribution in [3.63, 3.8) is 0 Å². The van der Waals surface area contributed by atoms with Gasteiger partial charge in [0.25, 0.3) is 17.1 Å². The van der Waals surface area contributed by atoms with Crippen LogP contribution in [0, 0.1) is 3.57 Å². The van der Waals surface area contributed by atoms with Gasteiger partial charge in [-0.2, -0.15) is 0 Å². The number of carbonyl (C=O) groups is 3. The van der Waals surface area contributed by atoms with Gasteiger partial charge in [0.1, 0.15) is 0 Å². The Balaban J connectivity index is 1.49. The summed E-state index contributed by atoms with van der Waals surface area (Å²) in [5.74, 6) is -0.182. The van der Waals surface area contributed by atoms with E-state index < -0.39 is 0 Å². The average Bonchev–Trinajstić information content (AvgIpc) is 3.13. The van der Waals surface area contributed by atoms with Gasteiger partial charge < -0.3 is 14.8 Å². The molecular weight excluding hydrogens is 627 g/mol. The number of amides is 3. The second-order valence-electron chi connectivity index (χ2n) is 7.86. The molecule has 1 saturated heterocycles. The van der Waals surface area contributed by atoms with Crippen LogP contribution in [0.3, 0.4) is 0 Å². The summed E-state index contributed by atoms with van der Waals surface area (Å²) in [7, 11) is 0. The molecule has 0 unspecified atom stereocenters. The van der Waals surface area contributed by atoms with E-state index in [-0.39, 0.29) is 45.9 Å². The zero-order chi connectivity index (χ0) is 26.4. The maximum absolute atomic E-state index is 13.0. The van der Waals surface area contributed by atoms with E-state index >= 15 is 0 Å². The van der Waals surface area contributed by atoms with Crippen LogP contribution in [0.5, 0.6) is 11.5 Å². The molecule has 1 aliphatic heterocycles. The Labute approximate surface area is 237 Å². The van der Waals surface area contributed by atoms with Gasteiger partial charge in [-0.05, 0) is 94.9 Å². The molecule has 0 radical (unpaired) electrons. The number of para-hydroxylation sites is 1. The highest BCUT2D eigenvalue weighted by Crippen LogP contribution is 2.39. The van der Waals surface area contributed by atoms with E-state index in [1.54, 1.807) is 30.3 Å². The number of hydrogen-bond donors (Lipinski definition) is 1. The fourth-order valence-electron chi connectivity index (χ4n) is 3.49. The highest BCUT2D eigenvalue weighted by molar-refractivity contribution is 14.1. The summed E-state index contributed by atoms with van der Waals surface area (Å²) in [6, 6.07) is 19.9. The Morgan fingerprint density at radius 1 is 1.08 bits per heavy atom. The van der Waals surface area contributed by atoms with Crippen molar-refractivity contribution in [3.05, 3.63) is 91.4 Å². The minimum atomic E-state index is -0.374. The Kier molecular flexibility index (Phi) is 9.12. The van der Waals surface area contributed by atoms with Crippen molar-refractivity contribution in [2.75, 3.05) is 18.5 Å². The molecule has 10 heteroatoms. The van der Waals surface area contributed by atoms with E-state index in [0.717, 1.165) is 20.9 Å². The van der Waals surface area contributed by atoms with Crippen molar-refractivity contribution in [1.29, 1.82) is 0 Å². The molecule has 3 amide bonds. The van der Waals surface area contributed by atoms with Crippen LogP contribution in [0.4, 0.5) is 10.5 Å². The third-order valence-corrected chi connectivity index (χ3v) is 7.07. The predicted molar refractivity (Wildman–Crippen MR) is 154 cm³/mol. The maximum Gasteiger partial charge on any atom is 0.293 e. The summed E-state index contributed by atoms with van der Waals surface area (Å²) in [6.07, 6.45) is 1.60. The van der Waals surface area contributed by atoms with E-state index in [4.69, 9.17) is 21.1 Å². The Hall–Kier alpha value is -3.02. The molecule has 190 valence electrons. The van der Waals surface area contributed by atoms with Gasteiger partial charge in [0.05, 0.1) is 23.1 Å². The van der Waals surface area contributed by atoms with Crippen LogP contribution in [0.15, 0.2) is 71.6 Å². The van der Waals surface area contributed by atoms with Crippen molar-refractivity contribution in [2.24, 2.45) is 0 Å². The number of halogens is 2. The first-order chi connectivity index (χ1) is 17.8. The zero-order valence-corrected chi connectivity index (χ0v) is 23.4. The highest BCUT2D eigenvalue weighted by Gasteiger charge is 2.35. The SMILES string of the molecule is CCOc1cc(/C=C2\SC(=O)N(Cc3ccc(I)cc3)C2=O)cc(Cl)c1OCC(=O)Nc1ccccc1. The Morgan fingerprint density at radius 2 is 1.81 bits per heavy atom. The van der Waals surface area contributed by atoms with Crippen molar-refractivity contribution >= 4 is 74.8 Å². The van der Waals surface area contributed by atoms with Crippen molar-refractivity contribution in [3.8, 4) is 11.5 Å². The van der Waals surface area contributed by atoms with Gasteiger partial charge in [-0.25, -0.2) is 0 Å². The minimum Gasteiger partial charge on any atom is -0.490 e. The number of anilines is 1. The van der Waals surface area contributed by atoms with Crippen LogP contribution in [0.1, 0.15) is 18.1 Å². The maximum atomic E-state index is 13.0. The molecule has 37 heavy (non-hydrogen) atoms. The summed E-state index contributed by atoms with van der Waals surface area (Å²) in [5, 5.41) is 2.61. The molecule has 3 aromatic rings. The summed E-state index contributed by atoms with van der Waals surface area (Å²) in [5.41, 5.74) is 2.08. The van der Waals surface area contributed by atoms with E-state index in [1.807, 2.05) is 49.4 Å². The molecule has 1 fully saturated rings. The molecule has 0 aromatic heterocycles. The summed E-state index contributed by atoms with van der Waals surface area (Å²) in [4.78, 5) is 39.3. The number of imide groups is 1. The highest BCUT2D eigenvalue weighted by atomic mass is 127. The first-order valence-corrected chi connectivity index (χ1v) is 13.5. The zero-order valence-electron chi connectivity index (χ0n) is 19.7. The normalized spacial score (nSPS) is 14.2. The van der Waals surface area contributed by atoms with E-state index in [0.29, 0.717) is 23.6 Å². The van der Waals surface area contributed by atoms with E-state index in [2.05, 4.69) is 27.9 Å². The molecule has 7 nitrogen and oxygen atoms in total. The van der Waals surface area contributed by atoms with Gasteiger partial charge in [-0.3, -0.25) is 19.3 Å². The van der Waals surface area contributed by atoms with Crippen LogP contribution < -0.4 is 14.8 Å². The lowest BCUT2D eigenvalue weighted by Gasteiger charge is -2.15. The fraction of sp³-hybridized carbons (Fsp3) is 0.148. The van der Waals surface area contributed by atoms with Gasteiger partial charge in [-0.15, -0.1) is 0 Å². The molecular formula is C27H22ClIN2O5S. The predicted octanol–water partition coefficient (Wildman–Crippen LogP) is 6.60. The lowest BCUT2D eigenvalue weighted by Crippen LogP contribution is -2.27. The van der Waals surface area contributed by atoms with Crippen molar-refractivity contribution in [2.45, 2.75) is 13.5 Å². The molecule has 3 aromatic carbocycles. The molecule has 0 spiro atoms. The first-order valence-electron chi connectivity index (χ1n) is 11.3. The largest absolute Gasteiger partial charge is 0.490 e. The van der Waals surface area contributed by atoms with Gasteiger partial charge in [-0.1, -0.05) is 41.9 Å². The van der Waals surface area contributed by atoms with E-state index in [1.165, 1.54) is 4.90 Å². The topological polar surface area (TPSA) is 84.9 Å². The molecule has 0 saturated carbocycles. The fourth-order valence-corrected chi connectivity index (χ4v) is 4.96. The number of carbonyl (C=O) groups excluding carboxylic acids is 3.